The van der Waals surface area contributed by atoms with E-state index in [1.807, 2.05) is 103 Å². The van der Waals surface area contributed by atoms with Gasteiger partial charge in [0.1, 0.15) is 0 Å². The van der Waals surface area contributed by atoms with Crippen LogP contribution in [0.4, 0.5) is 0 Å². The van der Waals surface area contributed by atoms with Gasteiger partial charge in [0.05, 0.1) is 0 Å². The minimum atomic E-state index is 0. The summed E-state index contributed by atoms with van der Waals surface area (Å²) in [5, 5.41) is 0. The first-order valence-corrected chi connectivity index (χ1v) is 9.49. The van der Waals surface area contributed by atoms with Crippen LogP contribution in [0.5, 0.6) is 0 Å². The molecule has 0 N–H and O–H groups in total. The molecule has 4 rings (SSSR count). The molecule has 2 aliphatic heterocycles. The maximum Gasteiger partial charge on any atom is 0.0466 e. The van der Waals surface area contributed by atoms with Gasteiger partial charge in [-0.1, -0.05) is 0 Å². The Bertz CT molecular complexity index is 178. The molecule has 4 fully saturated rings. The van der Waals surface area contributed by atoms with Crippen molar-refractivity contribution in [3.05, 3.63) is 103 Å². The van der Waals surface area contributed by atoms with Crippen LogP contribution in [-0.2, 0) is 9.47 Å². The Kier molecular flexibility index (Phi) is 49.5. The summed E-state index contributed by atoms with van der Waals surface area (Å²) in [6.45, 7) is 4.00. The summed E-state index contributed by atoms with van der Waals surface area (Å²) < 4.78 is 9.89. The van der Waals surface area contributed by atoms with Crippen LogP contribution in [-0.4, -0.2) is 26.4 Å². The molecule has 0 amide bonds. The first kappa shape index (κ1) is 40.4. The zero-order chi connectivity index (χ0) is 18.4. The van der Waals surface area contributed by atoms with Crippen molar-refractivity contribution in [1.29, 1.82) is 0 Å². The third-order valence-electron chi connectivity index (χ3n) is 3.43. The topological polar surface area (TPSA) is 18.5 Å². The fraction of sp³-hybridized carbons (Fsp3) is 0.333. The third kappa shape index (κ3) is 33.4. The van der Waals surface area contributed by atoms with Gasteiger partial charge in [-0.15, -0.1) is 24.8 Å². The van der Waals surface area contributed by atoms with E-state index in [9.17, 15) is 0 Å². The Labute approximate surface area is 268 Å². The molecule has 2 saturated carbocycles. The van der Waals surface area contributed by atoms with Crippen molar-refractivity contribution in [3.8, 4) is 0 Å². The van der Waals surface area contributed by atoms with E-state index < -0.39 is 0 Å². The summed E-state index contributed by atoms with van der Waals surface area (Å²) >= 11 is 0. The number of ether oxygens (including phenoxy) is 2. The average Bonchev–Trinajstić information content (AvgIpc) is 3.34. The van der Waals surface area contributed by atoms with E-state index in [0.29, 0.717) is 0 Å². The van der Waals surface area contributed by atoms with Crippen LogP contribution in [0.25, 0.3) is 0 Å². The first-order valence-electron chi connectivity index (χ1n) is 9.49. The zero-order valence-corrected chi connectivity index (χ0v) is 26.7. The van der Waals surface area contributed by atoms with Crippen LogP contribution in [0, 0.1) is 185 Å². The second-order valence-corrected chi connectivity index (χ2v) is 5.72. The number of hydrogen-bond acceptors (Lipinski definition) is 2. The van der Waals surface area contributed by atoms with E-state index >= 15 is 0 Å². The van der Waals surface area contributed by atoms with Crippen molar-refractivity contribution in [2.75, 3.05) is 26.4 Å². The maximum absolute atomic E-state index is 4.94. The summed E-state index contributed by atoms with van der Waals surface area (Å²) in [4.78, 5) is 0. The fourth-order valence-corrected chi connectivity index (χ4v) is 2.05. The molecule has 0 spiro atoms. The molecule has 0 atom stereocenters. The molecule has 2 aliphatic carbocycles. The van der Waals surface area contributed by atoms with Crippen molar-refractivity contribution in [2.24, 2.45) is 0 Å². The molecule has 2 nitrogen and oxygen atoms in total. The Balaban J connectivity index is -0.000000147. The van der Waals surface area contributed by atoms with Gasteiger partial charge in [0.2, 0.25) is 0 Å². The second-order valence-electron chi connectivity index (χ2n) is 5.72. The number of halogens is 2. The Hall–Kier alpha value is 3.23. The van der Waals surface area contributed by atoms with Gasteiger partial charge in [-0.3, -0.25) is 0 Å². The Morgan fingerprint density at radius 2 is 0.433 bits per heavy atom. The van der Waals surface area contributed by atoms with Gasteiger partial charge in [-0.25, -0.2) is 0 Å². The van der Waals surface area contributed by atoms with Crippen LogP contribution in [0.3, 0.4) is 0 Å². The van der Waals surface area contributed by atoms with Gasteiger partial charge >= 0.3 is 0 Å². The van der Waals surface area contributed by atoms with Crippen LogP contribution in [0.1, 0.15) is 25.7 Å². The molecule has 6 heteroatoms. The molecule has 0 unspecified atom stereocenters. The molecule has 0 aromatic carbocycles. The van der Waals surface area contributed by atoms with Crippen LogP contribution in [0.2, 0.25) is 0 Å². The normalized spacial score (nSPS) is 20.8. The molecule has 2 saturated heterocycles. The summed E-state index contributed by atoms with van der Waals surface area (Å²) in [5.41, 5.74) is 0. The van der Waals surface area contributed by atoms with Crippen molar-refractivity contribution in [2.45, 2.75) is 25.7 Å². The summed E-state index contributed by atoms with van der Waals surface area (Å²) in [6, 6.07) is 0. The molecule has 4 aliphatic rings. The third-order valence-corrected chi connectivity index (χ3v) is 3.43. The second kappa shape index (κ2) is 36.8. The van der Waals surface area contributed by atoms with Crippen molar-refractivity contribution < 1.29 is 92.1 Å². The van der Waals surface area contributed by atoms with Crippen LogP contribution in [0.15, 0.2) is 0 Å². The fourth-order valence-electron chi connectivity index (χ4n) is 2.05. The van der Waals surface area contributed by atoms with Gasteiger partial charge in [0.15, 0.2) is 0 Å². The predicted molar refractivity (Wildman–Crippen MR) is 123 cm³/mol. The average molecular weight is 707 g/mol. The largest absolute Gasteiger partial charge is 0.381 e. The minimum absolute atomic E-state index is 0. The van der Waals surface area contributed by atoms with E-state index in [1.165, 1.54) is 25.7 Å². The Morgan fingerprint density at radius 1 is 0.300 bits per heavy atom. The summed E-state index contributed by atoms with van der Waals surface area (Å²) in [7, 11) is 0. The predicted octanol–water partition coefficient (Wildman–Crippen LogP) is 5.71. The van der Waals surface area contributed by atoms with Gasteiger partial charge in [-0.2, -0.15) is 0 Å². The molecule has 2 heterocycles. The van der Waals surface area contributed by atoms with Crippen LogP contribution < -0.4 is 0 Å². The van der Waals surface area contributed by atoms with Crippen molar-refractivity contribution >= 4 is 24.8 Å². The number of rotatable bonds is 0. The molecule has 0 aromatic heterocycles. The van der Waals surface area contributed by atoms with Gasteiger partial charge < -0.3 is 9.47 Å². The standard InChI is InChI=1S/2C8H8.2C4H8O.2ClH.2Pr/c2*1-2-4-6-8-7-5-3-1;2*1-2-4-5-3-1;;;;/h2*1-8H;2*1-4H2;2*1H;;. The van der Waals surface area contributed by atoms with E-state index in [2.05, 4.69) is 0 Å². The zero-order valence-electron chi connectivity index (χ0n) is 17.7. The minimum Gasteiger partial charge on any atom is -0.381 e. The van der Waals surface area contributed by atoms with Crippen molar-refractivity contribution in [3.63, 3.8) is 0 Å². The smallest absolute Gasteiger partial charge is 0.0466 e. The van der Waals surface area contributed by atoms with E-state index in [1.54, 1.807) is 0 Å². The molecular formula is C24H34Cl2O2Pr2. The molecular weight excluding hydrogens is 673 g/mol. The SMILES string of the molecule is C1CCOC1.C1CCOC1.Cl.Cl.[CH]1[CH][CH][CH][CH][CH][CH][CH]1.[CH]1[CH][CH][CH][CH][CH][CH][CH]1.[Pr].[Pr]. The van der Waals surface area contributed by atoms with Gasteiger partial charge in [-0.05, 0) is 128 Å². The van der Waals surface area contributed by atoms with Crippen molar-refractivity contribution in [1.82, 2.24) is 0 Å². The quantitative estimate of drug-likeness (QED) is 0.322. The first-order chi connectivity index (χ1) is 13.0. The molecule has 30 heavy (non-hydrogen) atoms. The van der Waals surface area contributed by atoms with Crippen LogP contribution >= 0.6 is 24.8 Å². The summed E-state index contributed by atoms with van der Waals surface area (Å²) in [6.07, 6.45) is 37.1. The van der Waals surface area contributed by atoms with E-state index in [0.717, 1.165) is 26.4 Å². The van der Waals surface area contributed by atoms with E-state index in [-0.39, 0.29) is 107 Å². The molecule has 18 radical (unpaired) electrons. The Morgan fingerprint density at radius 3 is 0.500 bits per heavy atom. The van der Waals surface area contributed by atoms with E-state index in [4.69, 9.17) is 9.47 Å². The number of hydrogen-bond donors (Lipinski definition) is 0. The van der Waals surface area contributed by atoms with Gasteiger partial charge in [0.25, 0.3) is 0 Å². The molecule has 162 valence electrons. The van der Waals surface area contributed by atoms with Gasteiger partial charge in [0, 0.05) is 109 Å². The molecule has 0 bridgehead atoms. The monoisotopic (exact) mass is 706 g/mol. The maximum atomic E-state index is 4.94. The molecule has 0 aromatic rings. The summed E-state index contributed by atoms with van der Waals surface area (Å²) in [5.74, 6) is 0.